The molecular formula is C9H19NO4S. The lowest BCUT2D eigenvalue weighted by atomic mass is 10.2. The normalized spacial score (nSPS) is 12.3. The van der Waals surface area contributed by atoms with Gasteiger partial charge in [0.1, 0.15) is 0 Å². The maximum Gasteiger partial charge on any atom is 0.303 e. The van der Waals surface area contributed by atoms with Gasteiger partial charge in [0.2, 0.25) is 10.0 Å². The van der Waals surface area contributed by atoms with Crippen molar-refractivity contribution in [2.24, 2.45) is 5.92 Å². The van der Waals surface area contributed by atoms with Crippen molar-refractivity contribution in [3.63, 3.8) is 0 Å². The minimum Gasteiger partial charge on any atom is -0.481 e. The minimum absolute atomic E-state index is 0.0947. The second-order valence-corrected chi connectivity index (χ2v) is 6.18. The van der Waals surface area contributed by atoms with Gasteiger partial charge in [-0.3, -0.25) is 4.79 Å². The Balaban J connectivity index is 4.12. The van der Waals surface area contributed by atoms with Gasteiger partial charge in [0, 0.05) is 20.0 Å². The van der Waals surface area contributed by atoms with Crippen molar-refractivity contribution >= 4 is 16.0 Å². The molecule has 0 amide bonds. The molecule has 0 fully saturated rings. The first-order chi connectivity index (χ1) is 6.75. The van der Waals surface area contributed by atoms with E-state index in [1.165, 1.54) is 11.4 Å². The van der Waals surface area contributed by atoms with E-state index < -0.39 is 16.0 Å². The van der Waals surface area contributed by atoms with Gasteiger partial charge in [0.25, 0.3) is 0 Å². The quantitative estimate of drug-likeness (QED) is 0.709. The van der Waals surface area contributed by atoms with Crippen molar-refractivity contribution in [3.8, 4) is 0 Å². The summed E-state index contributed by atoms with van der Waals surface area (Å²) in [6, 6.07) is 0. The standard InChI is InChI=1S/C9H19NO4S/c1-8(2)7-10(3)15(13,14)6-4-5-9(11)12/h8H,4-7H2,1-3H3,(H,11,12). The van der Waals surface area contributed by atoms with E-state index in [9.17, 15) is 13.2 Å². The molecule has 0 unspecified atom stereocenters. The average molecular weight is 237 g/mol. The molecular weight excluding hydrogens is 218 g/mol. The van der Waals surface area contributed by atoms with Crippen molar-refractivity contribution in [3.05, 3.63) is 0 Å². The van der Waals surface area contributed by atoms with E-state index in [0.29, 0.717) is 6.54 Å². The summed E-state index contributed by atoms with van der Waals surface area (Å²) in [5.74, 6) is -0.788. The van der Waals surface area contributed by atoms with Crippen LogP contribution in [-0.4, -0.2) is 43.1 Å². The number of carbonyl (C=O) groups is 1. The molecule has 0 rings (SSSR count). The molecule has 6 heteroatoms. The Bertz CT molecular complexity index is 297. The Morgan fingerprint density at radius 1 is 1.40 bits per heavy atom. The predicted octanol–water partition coefficient (Wildman–Crippen LogP) is 0.769. The highest BCUT2D eigenvalue weighted by atomic mass is 32.2. The van der Waals surface area contributed by atoms with Gasteiger partial charge in [-0.15, -0.1) is 0 Å². The molecule has 5 nitrogen and oxygen atoms in total. The number of nitrogens with zero attached hydrogens (tertiary/aromatic N) is 1. The first-order valence-corrected chi connectivity index (χ1v) is 6.52. The fourth-order valence-corrected chi connectivity index (χ4v) is 2.54. The second-order valence-electron chi connectivity index (χ2n) is 3.99. The van der Waals surface area contributed by atoms with Crippen LogP contribution in [0.15, 0.2) is 0 Å². The van der Waals surface area contributed by atoms with Gasteiger partial charge in [0.05, 0.1) is 5.75 Å². The second kappa shape index (κ2) is 6.07. The zero-order valence-electron chi connectivity index (χ0n) is 9.43. The van der Waals surface area contributed by atoms with Crippen LogP contribution in [0.25, 0.3) is 0 Å². The number of carboxylic acids is 1. The smallest absolute Gasteiger partial charge is 0.303 e. The van der Waals surface area contributed by atoms with E-state index in [0.717, 1.165) is 0 Å². The number of carboxylic acid groups (broad SMARTS) is 1. The molecule has 0 saturated heterocycles. The number of rotatable bonds is 7. The maximum atomic E-state index is 11.6. The van der Waals surface area contributed by atoms with Crippen LogP contribution in [-0.2, 0) is 14.8 Å². The third-order valence-corrected chi connectivity index (χ3v) is 3.79. The highest BCUT2D eigenvalue weighted by molar-refractivity contribution is 7.89. The molecule has 0 bridgehead atoms. The van der Waals surface area contributed by atoms with Crippen LogP contribution >= 0.6 is 0 Å². The lowest BCUT2D eigenvalue weighted by Gasteiger charge is -2.18. The molecule has 0 spiro atoms. The summed E-state index contributed by atoms with van der Waals surface area (Å²) in [6.07, 6.45) is 0.0643. The van der Waals surface area contributed by atoms with E-state index in [2.05, 4.69) is 0 Å². The highest BCUT2D eigenvalue weighted by Crippen LogP contribution is 2.05. The molecule has 0 aliphatic carbocycles. The van der Waals surface area contributed by atoms with E-state index in [1.807, 2.05) is 13.8 Å². The number of hydrogen-bond acceptors (Lipinski definition) is 3. The van der Waals surface area contributed by atoms with Gasteiger partial charge in [0.15, 0.2) is 0 Å². The predicted molar refractivity (Wildman–Crippen MR) is 58.1 cm³/mol. The molecule has 90 valence electrons. The third-order valence-electron chi connectivity index (χ3n) is 1.89. The van der Waals surface area contributed by atoms with Gasteiger partial charge >= 0.3 is 5.97 Å². The Kier molecular flexibility index (Phi) is 5.82. The number of sulfonamides is 1. The summed E-state index contributed by atoms with van der Waals surface area (Å²) in [7, 11) is -1.76. The first-order valence-electron chi connectivity index (χ1n) is 4.91. The van der Waals surface area contributed by atoms with E-state index in [1.54, 1.807) is 0 Å². The summed E-state index contributed by atoms with van der Waals surface area (Å²) in [6.45, 7) is 4.34. The first kappa shape index (κ1) is 14.4. The topological polar surface area (TPSA) is 74.7 Å². The van der Waals surface area contributed by atoms with Gasteiger partial charge < -0.3 is 5.11 Å². The van der Waals surface area contributed by atoms with Crippen molar-refractivity contribution in [2.45, 2.75) is 26.7 Å². The van der Waals surface area contributed by atoms with Crippen LogP contribution in [0.2, 0.25) is 0 Å². The molecule has 1 N–H and O–H groups in total. The third kappa shape index (κ3) is 6.46. The molecule has 0 aliphatic heterocycles. The molecule has 15 heavy (non-hydrogen) atoms. The lowest BCUT2D eigenvalue weighted by molar-refractivity contribution is -0.137. The Morgan fingerprint density at radius 3 is 2.33 bits per heavy atom. The summed E-state index contributed by atoms with van der Waals surface area (Å²) in [4.78, 5) is 10.2. The fourth-order valence-electron chi connectivity index (χ4n) is 1.19. The van der Waals surface area contributed by atoms with Crippen molar-refractivity contribution in [1.29, 1.82) is 0 Å². The summed E-state index contributed by atoms with van der Waals surface area (Å²) in [5, 5.41) is 8.39. The van der Waals surface area contributed by atoms with Crippen LogP contribution in [0.4, 0.5) is 0 Å². The monoisotopic (exact) mass is 237 g/mol. The molecule has 0 aromatic rings. The number of aliphatic carboxylic acids is 1. The average Bonchev–Trinajstić information content (AvgIpc) is 2.01. The maximum absolute atomic E-state index is 11.6. The lowest BCUT2D eigenvalue weighted by Crippen LogP contribution is -2.32. The van der Waals surface area contributed by atoms with Crippen LogP contribution < -0.4 is 0 Å². The molecule has 0 atom stereocenters. The van der Waals surface area contributed by atoms with Crippen LogP contribution in [0.3, 0.4) is 0 Å². The summed E-state index contributed by atoms with van der Waals surface area (Å²) < 4.78 is 24.5. The van der Waals surface area contributed by atoms with Crippen LogP contribution in [0, 0.1) is 5.92 Å². The molecule has 0 radical (unpaired) electrons. The largest absolute Gasteiger partial charge is 0.481 e. The Labute approximate surface area is 91.1 Å². The van der Waals surface area contributed by atoms with Gasteiger partial charge in [-0.2, -0.15) is 0 Å². The van der Waals surface area contributed by atoms with E-state index in [-0.39, 0.29) is 24.5 Å². The summed E-state index contributed by atoms with van der Waals surface area (Å²) in [5.41, 5.74) is 0. The van der Waals surface area contributed by atoms with Crippen LogP contribution in [0.5, 0.6) is 0 Å². The fraction of sp³-hybridized carbons (Fsp3) is 0.889. The molecule has 0 heterocycles. The molecule has 0 aromatic heterocycles. The van der Waals surface area contributed by atoms with Crippen molar-refractivity contribution in [1.82, 2.24) is 4.31 Å². The van der Waals surface area contributed by atoms with Gasteiger partial charge in [-0.25, -0.2) is 12.7 Å². The van der Waals surface area contributed by atoms with E-state index >= 15 is 0 Å². The molecule has 0 saturated carbocycles. The zero-order valence-corrected chi connectivity index (χ0v) is 10.2. The van der Waals surface area contributed by atoms with Crippen molar-refractivity contribution < 1.29 is 18.3 Å². The van der Waals surface area contributed by atoms with Crippen LogP contribution in [0.1, 0.15) is 26.7 Å². The van der Waals surface area contributed by atoms with E-state index in [4.69, 9.17) is 5.11 Å². The zero-order chi connectivity index (χ0) is 12.1. The van der Waals surface area contributed by atoms with Crippen molar-refractivity contribution in [2.75, 3.05) is 19.3 Å². The minimum atomic E-state index is -3.28. The summed E-state index contributed by atoms with van der Waals surface area (Å²) >= 11 is 0. The molecule has 0 aliphatic rings. The highest BCUT2D eigenvalue weighted by Gasteiger charge is 2.18. The number of hydrogen-bond donors (Lipinski definition) is 1. The Morgan fingerprint density at radius 2 is 1.93 bits per heavy atom. The van der Waals surface area contributed by atoms with Gasteiger partial charge in [-0.05, 0) is 12.3 Å². The van der Waals surface area contributed by atoms with Gasteiger partial charge in [-0.1, -0.05) is 13.8 Å². The SMILES string of the molecule is CC(C)CN(C)S(=O)(=O)CCCC(=O)O. The molecule has 0 aromatic carbocycles. The Hall–Kier alpha value is -0.620.